The number of rotatable bonds is 3. The molecule has 0 saturated carbocycles. The number of fused-ring (bicyclic) bond motifs is 1. The Morgan fingerprint density at radius 1 is 0.591 bits per heavy atom. The number of nitrogens with two attached hydrogens (primary N) is 2. The van der Waals surface area contributed by atoms with Crippen molar-refractivity contribution in [1.29, 1.82) is 0 Å². The predicted molar refractivity (Wildman–Crippen MR) is 91.8 cm³/mol. The lowest BCUT2D eigenvalue weighted by molar-refractivity contribution is 1.23. The lowest BCUT2D eigenvalue weighted by Crippen LogP contribution is -2.20. The second-order valence-electron chi connectivity index (χ2n) is 4.88. The van der Waals surface area contributed by atoms with E-state index in [-0.39, 0.29) is 0 Å². The highest BCUT2D eigenvalue weighted by Crippen LogP contribution is 2.17. The fourth-order valence-corrected chi connectivity index (χ4v) is 2.48. The Bertz CT molecular complexity index is 851. The minimum Gasteiger partial charge on any atom is -0.323 e. The van der Waals surface area contributed by atoms with E-state index in [4.69, 9.17) is 11.7 Å². The summed E-state index contributed by atoms with van der Waals surface area (Å²) in [7, 11) is 0. The van der Waals surface area contributed by atoms with Crippen LogP contribution in [-0.2, 0) is 0 Å². The van der Waals surface area contributed by atoms with E-state index in [9.17, 15) is 0 Å². The molecule has 4 N–H and O–H groups in total. The van der Waals surface area contributed by atoms with Crippen LogP contribution in [0.15, 0.2) is 83.0 Å². The zero-order valence-electron chi connectivity index (χ0n) is 12.0. The van der Waals surface area contributed by atoms with E-state index in [0.29, 0.717) is 11.4 Å². The number of hydrogen-bond donors (Lipinski definition) is 2. The molecule has 0 unspecified atom stereocenters. The number of benzene rings is 3. The molecule has 0 aliphatic heterocycles. The molecule has 0 aromatic heterocycles. The van der Waals surface area contributed by atoms with Crippen molar-refractivity contribution in [3.05, 3.63) is 83.9 Å². The van der Waals surface area contributed by atoms with Crippen LogP contribution < -0.4 is 11.7 Å². The Hall–Kier alpha value is -3.14. The third-order valence-corrected chi connectivity index (χ3v) is 3.55. The van der Waals surface area contributed by atoms with Gasteiger partial charge >= 0.3 is 0 Å². The fourth-order valence-electron chi connectivity index (χ4n) is 2.48. The molecule has 0 fully saturated rings. The van der Waals surface area contributed by atoms with Crippen molar-refractivity contribution in [2.24, 2.45) is 21.9 Å². The first-order valence-corrected chi connectivity index (χ1v) is 6.94. The molecule has 0 radical (unpaired) electrons. The molecule has 0 atom stereocenters. The van der Waals surface area contributed by atoms with Crippen molar-refractivity contribution >= 4 is 22.2 Å². The molecule has 3 aromatic carbocycles. The van der Waals surface area contributed by atoms with E-state index in [1.807, 2.05) is 60.7 Å². The van der Waals surface area contributed by atoms with E-state index in [1.165, 1.54) is 0 Å². The van der Waals surface area contributed by atoms with Gasteiger partial charge in [-0.1, -0.05) is 66.7 Å². The van der Waals surface area contributed by atoms with Crippen molar-refractivity contribution in [1.82, 2.24) is 0 Å². The number of nitrogens with zero attached hydrogens (tertiary/aromatic N) is 2. The summed E-state index contributed by atoms with van der Waals surface area (Å²) >= 11 is 0. The van der Waals surface area contributed by atoms with E-state index in [0.717, 1.165) is 21.9 Å². The average molecular weight is 288 g/mol. The Kier molecular flexibility index (Phi) is 3.83. The Morgan fingerprint density at radius 3 is 1.86 bits per heavy atom. The van der Waals surface area contributed by atoms with Gasteiger partial charge in [0.2, 0.25) is 0 Å². The van der Waals surface area contributed by atoms with Crippen molar-refractivity contribution < 1.29 is 0 Å². The maximum Gasteiger partial charge on any atom is 0.118 e. The highest BCUT2D eigenvalue weighted by molar-refractivity contribution is 6.53. The van der Waals surface area contributed by atoms with Gasteiger partial charge in [-0.15, -0.1) is 0 Å². The van der Waals surface area contributed by atoms with Crippen LogP contribution in [0, 0.1) is 0 Å². The molecule has 0 amide bonds. The van der Waals surface area contributed by atoms with Crippen LogP contribution in [0.2, 0.25) is 0 Å². The first kappa shape index (κ1) is 13.8. The fraction of sp³-hybridized carbons (Fsp3) is 0. The highest BCUT2D eigenvalue weighted by Gasteiger charge is 2.14. The van der Waals surface area contributed by atoms with Crippen LogP contribution in [0.3, 0.4) is 0 Å². The summed E-state index contributed by atoms with van der Waals surface area (Å²) in [6, 6.07) is 23.8. The lowest BCUT2D eigenvalue weighted by Gasteiger charge is -2.09. The molecule has 4 nitrogen and oxygen atoms in total. The standard InChI is InChI=1S/C18H16N4/c19-21-17(14-7-2-1-3-8-14)18(22-20)16-11-10-13-6-4-5-9-15(13)12-16/h1-12H,19-20H2/b21-17+,22-18-. The summed E-state index contributed by atoms with van der Waals surface area (Å²) in [5.41, 5.74) is 2.90. The summed E-state index contributed by atoms with van der Waals surface area (Å²) in [6.45, 7) is 0. The van der Waals surface area contributed by atoms with Gasteiger partial charge < -0.3 is 11.7 Å². The Morgan fingerprint density at radius 2 is 1.18 bits per heavy atom. The van der Waals surface area contributed by atoms with Crippen LogP contribution in [-0.4, -0.2) is 11.4 Å². The van der Waals surface area contributed by atoms with Gasteiger partial charge in [0.1, 0.15) is 11.4 Å². The largest absolute Gasteiger partial charge is 0.323 e. The minimum atomic E-state index is 0.568. The Balaban J connectivity index is 2.10. The van der Waals surface area contributed by atoms with Gasteiger partial charge in [0, 0.05) is 11.1 Å². The number of hydrogen-bond acceptors (Lipinski definition) is 4. The second-order valence-corrected chi connectivity index (χ2v) is 4.88. The molecular formula is C18H16N4. The van der Waals surface area contributed by atoms with Crippen molar-refractivity contribution in [3.63, 3.8) is 0 Å². The normalized spacial score (nSPS) is 12.5. The van der Waals surface area contributed by atoms with Crippen molar-refractivity contribution in [3.8, 4) is 0 Å². The molecule has 3 rings (SSSR count). The van der Waals surface area contributed by atoms with Crippen molar-refractivity contribution in [2.75, 3.05) is 0 Å². The van der Waals surface area contributed by atoms with Gasteiger partial charge in [0.25, 0.3) is 0 Å². The highest BCUT2D eigenvalue weighted by atomic mass is 15.2. The first-order valence-electron chi connectivity index (χ1n) is 6.94. The molecule has 22 heavy (non-hydrogen) atoms. The maximum absolute atomic E-state index is 5.61. The van der Waals surface area contributed by atoms with Crippen LogP contribution in [0.1, 0.15) is 11.1 Å². The minimum absolute atomic E-state index is 0.568. The summed E-state index contributed by atoms with van der Waals surface area (Å²) < 4.78 is 0. The second kappa shape index (κ2) is 6.10. The van der Waals surface area contributed by atoms with Crippen LogP contribution >= 0.6 is 0 Å². The first-order chi connectivity index (χ1) is 10.8. The SMILES string of the molecule is N/N=C(\C(=N\N)c1ccccc1)c1ccc2ccccc2c1. The average Bonchev–Trinajstić information content (AvgIpc) is 2.60. The molecule has 4 heteroatoms. The van der Waals surface area contributed by atoms with Crippen LogP contribution in [0.4, 0.5) is 0 Å². The maximum atomic E-state index is 5.61. The monoisotopic (exact) mass is 288 g/mol. The van der Waals surface area contributed by atoms with Gasteiger partial charge in [-0.3, -0.25) is 0 Å². The Labute approximate surface area is 128 Å². The quantitative estimate of drug-likeness (QED) is 0.441. The van der Waals surface area contributed by atoms with Gasteiger partial charge in [-0.05, 0) is 16.8 Å². The van der Waals surface area contributed by atoms with Crippen molar-refractivity contribution in [2.45, 2.75) is 0 Å². The molecule has 108 valence electrons. The van der Waals surface area contributed by atoms with Crippen LogP contribution in [0.5, 0.6) is 0 Å². The van der Waals surface area contributed by atoms with E-state index >= 15 is 0 Å². The lowest BCUT2D eigenvalue weighted by atomic mass is 9.97. The molecule has 3 aromatic rings. The molecule has 0 aliphatic rings. The van der Waals surface area contributed by atoms with E-state index in [1.54, 1.807) is 0 Å². The smallest absolute Gasteiger partial charge is 0.118 e. The topological polar surface area (TPSA) is 76.8 Å². The summed E-state index contributed by atoms with van der Waals surface area (Å²) in [6.07, 6.45) is 0. The van der Waals surface area contributed by atoms with E-state index in [2.05, 4.69) is 22.3 Å². The third-order valence-electron chi connectivity index (χ3n) is 3.55. The van der Waals surface area contributed by atoms with Gasteiger partial charge in [0.05, 0.1) is 0 Å². The molecule has 0 heterocycles. The molecule has 0 saturated heterocycles. The van der Waals surface area contributed by atoms with Crippen LogP contribution in [0.25, 0.3) is 10.8 Å². The molecule has 0 bridgehead atoms. The van der Waals surface area contributed by atoms with Gasteiger partial charge in [0.15, 0.2) is 0 Å². The summed E-state index contributed by atoms with van der Waals surface area (Å²) in [4.78, 5) is 0. The summed E-state index contributed by atoms with van der Waals surface area (Å²) in [5, 5.41) is 10.1. The number of hydrazone groups is 2. The molecular weight excluding hydrogens is 272 g/mol. The third kappa shape index (κ3) is 2.54. The zero-order chi connectivity index (χ0) is 15.4. The predicted octanol–water partition coefficient (Wildman–Crippen LogP) is 2.87. The molecule has 0 aliphatic carbocycles. The molecule has 0 spiro atoms. The zero-order valence-corrected chi connectivity index (χ0v) is 12.0. The summed E-state index contributed by atoms with van der Waals surface area (Å²) in [5.74, 6) is 11.2. The van der Waals surface area contributed by atoms with E-state index < -0.39 is 0 Å². The van der Waals surface area contributed by atoms with Gasteiger partial charge in [-0.25, -0.2) is 0 Å². The van der Waals surface area contributed by atoms with Gasteiger partial charge in [-0.2, -0.15) is 10.2 Å².